The number of carbonyl (C=O) groups is 2. The molecular formula is C27H32F2N6O3. The number of aromatic nitrogens is 3. The quantitative estimate of drug-likeness (QED) is 0.546. The molecule has 0 aliphatic carbocycles. The standard InChI is InChI=1S/C27H32F2N6O3/c1-27(2,3)38-26(37)33-10-7-20(8-11-33)31-25(36)21-15-30-35-12-9-23(32-24(21)35)34-16-19(29)14-22(34)17-5-4-6-18(28)13-17/h4-6,9,12-13,15,19-20,22H,7-8,10-11,14,16H2,1-3H3,(H,31,36)/t19-,22+/m0/s1. The predicted molar refractivity (Wildman–Crippen MR) is 137 cm³/mol. The van der Waals surface area contributed by atoms with Crippen LogP contribution in [0.2, 0.25) is 0 Å². The van der Waals surface area contributed by atoms with E-state index in [1.165, 1.54) is 22.8 Å². The number of alkyl halides is 1. The topological polar surface area (TPSA) is 92.1 Å². The lowest BCUT2D eigenvalue weighted by atomic mass is 10.0. The highest BCUT2D eigenvalue weighted by atomic mass is 19.1. The fraction of sp³-hybridized carbons (Fsp3) is 0.481. The van der Waals surface area contributed by atoms with E-state index < -0.39 is 11.8 Å². The highest BCUT2D eigenvalue weighted by Gasteiger charge is 2.35. The van der Waals surface area contributed by atoms with Crippen LogP contribution < -0.4 is 10.2 Å². The van der Waals surface area contributed by atoms with E-state index in [0.29, 0.717) is 48.5 Å². The molecule has 0 bridgehead atoms. The molecule has 2 fully saturated rings. The van der Waals surface area contributed by atoms with Crippen LogP contribution in [0.4, 0.5) is 19.4 Å². The molecule has 0 spiro atoms. The minimum absolute atomic E-state index is 0.109. The Morgan fingerprint density at radius 3 is 2.63 bits per heavy atom. The summed E-state index contributed by atoms with van der Waals surface area (Å²) in [5.41, 5.74) is 0.775. The molecule has 2 saturated heterocycles. The lowest BCUT2D eigenvalue weighted by molar-refractivity contribution is 0.0199. The number of hydrogen-bond acceptors (Lipinski definition) is 6. The summed E-state index contributed by atoms with van der Waals surface area (Å²) in [6.07, 6.45) is 3.14. The van der Waals surface area contributed by atoms with Gasteiger partial charge in [-0.15, -0.1) is 0 Å². The van der Waals surface area contributed by atoms with E-state index in [-0.39, 0.29) is 42.9 Å². The molecule has 2 aliphatic rings. The number of likely N-dealkylation sites (tertiary alicyclic amines) is 1. The van der Waals surface area contributed by atoms with Crippen LogP contribution in [0.5, 0.6) is 0 Å². The van der Waals surface area contributed by atoms with E-state index in [1.54, 1.807) is 34.2 Å². The van der Waals surface area contributed by atoms with Crippen molar-refractivity contribution < 1.29 is 23.1 Å². The first kappa shape index (κ1) is 25.9. The molecule has 2 atom stereocenters. The molecule has 1 N–H and O–H groups in total. The van der Waals surface area contributed by atoms with Gasteiger partial charge in [0, 0.05) is 31.7 Å². The lowest BCUT2D eigenvalue weighted by Gasteiger charge is -2.33. The number of hydrogen-bond donors (Lipinski definition) is 1. The fourth-order valence-electron chi connectivity index (χ4n) is 5.04. The molecule has 2 aromatic heterocycles. The minimum Gasteiger partial charge on any atom is -0.444 e. The molecule has 0 saturated carbocycles. The summed E-state index contributed by atoms with van der Waals surface area (Å²) in [4.78, 5) is 33.6. The van der Waals surface area contributed by atoms with E-state index in [1.807, 2.05) is 20.8 Å². The van der Waals surface area contributed by atoms with Gasteiger partial charge >= 0.3 is 6.09 Å². The molecule has 4 heterocycles. The highest BCUT2D eigenvalue weighted by Crippen LogP contribution is 2.37. The van der Waals surface area contributed by atoms with Crippen LogP contribution >= 0.6 is 0 Å². The molecule has 0 radical (unpaired) electrons. The first-order valence-corrected chi connectivity index (χ1v) is 12.9. The highest BCUT2D eigenvalue weighted by molar-refractivity contribution is 6.00. The van der Waals surface area contributed by atoms with Gasteiger partial charge in [-0.25, -0.2) is 23.1 Å². The molecule has 1 aromatic carbocycles. The Morgan fingerprint density at radius 1 is 1.16 bits per heavy atom. The van der Waals surface area contributed by atoms with Crippen molar-refractivity contribution in [2.45, 2.75) is 63.9 Å². The van der Waals surface area contributed by atoms with E-state index in [2.05, 4.69) is 15.4 Å². The van der Waals surface area contributed by atoms with Crippen molar-refractivity contribution in [1.29, 1.82) is 0 Å². The van der Waals surface area contributed by atoms with Crippen LogP contribution in [0.1, 0.15) is 62.0 Å². The number of anilines is 1. The number of carbonyl (C=O) groups excluding carboxylic acids is 2. The van der Waals surface area contributed by atoms with Crippen LogP contribution in [-0.2, 0) is 4.74 Å². The van der Waals surface area contributed by atoms with Gasteiger partial charge in [0.25, 0.3) is 5.91 Å². The summed E-state index contributed by atoms with van der Waals surface area (Å²) < 4.78 is 35.3. The third-order valence-corrected chi connectivity index (χ3v) is 6.86. The minimum atomic E-state index is -1.08. The van der Waals surface area contributed by atoms with Crippen molar-refractivity contribution in [2.75, 3.05) is 24.5 Å². The van der Waals surface area contributed by atoms with Gasteiger partial charge in [-0.05, 0) is 57.4 Å². The second kappa shape index (κ2) is 10.2. The van der Waals surface area contributed by atoms with Crippen molar-refractivity contribution >= 4 is 23.5 Å². The number of halogens is 2. The van der Waals surface area contributed by atoms with Gasteiger partial charge in [-0.1, -0.05) is 12.1 Å². The third-order valence-electron chi connectivity index (χ3n) is 6.86. The summed E-state index contributed by atoms with van der Waals surface area (Å²) in [6, 6.07) is 7.41. The predicted octanol–water partition coefficient (Wildman–Crippen LogP) is 4.29. The van der Waals surface area contributed by atoms with Gasteiger partial charge in [-0.2, -0.15) is 5.10 Å². The second-order valence-corrected chi connectivity index (χ2v) is 10.9. The maximum atomic E-state index is 14.5. The van der Waals surface area contributed by atoms with Gasteiger partial charge in [0.15, 0.2) is 5.65 Å². The Morgan fingerprint density at radius 2 is 1.92 bits per heavy atom. The molecule has 202 valence electrons. The maximum absolute atomic E-state index is 14.5. The summed E-state index contributed by atoms with van der Waals surface area (Å²) >= 11 is 0. The summed E-state index contributed by atoms with van der Waals surface area (Å²) in [5, 5.41) is 7.29. The van der Waals surface area contributed by atoms with E-state index in [0.717, 1.165) is 0 Å². The largest absolute Gasteiger partial charge is 0.444 e. The zero-order valence-electron chi connectivity index (χ0n) is 21.7. The molecular weight excluding hydrogens is 494 g/mol. The normalized spacial score (nSPS) is 20.7. The number of nitrogens with zero attached hydrogens (tertiary/aromatic N) is 5. The first-order chi connectivity index (χ1) is 18.1. The smallest absolute Gasteiger partial charge is 0.410 e. The first-order valence-electron chi connectivity index (χ1n) is 12.9. The van der Waals surface area contributed by atoms with Crippen molar-refractivity contribution in [3.05, 3.63) is 59.7 Å². The van der Waals surface area contributed by atoms with Gasteiger partial charge in [0.2, 0.25) is 0 Å². The summed E-state index contributed by atoms with van der Waals surface area (Å²) in [5.74, 6) is -0.196. The molecule has 38 heavy (non-hydrogen) atoms. The van der Waals surface area contributed by atoms with Crippen molar-refractivity contribution in [1.82, 2.24) is 24.8 Å². The SMILES string of the molecule is CC(C)(C)OC(=O)N1CCC(NC(=O)c2cnn3ccc(N4C[C@@H](F)C[C@@H]4c4cccc(F)c4)nc23)CC1. The Balaban J connectivity index is 1.29. The maximum Gasteiger partial charge on any atom is 0.410 e. The van der Waals surface area contributed by atoms with Crippen LogP contribution in [0.25, 0.3) is 5.65 Å². The zero-order chi connectivity index (χ0) is 27.0. The molecule has 5 rings (SSSR count). The fourth-order valence-corrected chi connectivity index (χ4v) is 5.04. The van der Waals surface area contributed by atoms with Gasteiger partial charge in [0.05, 0.1) is 18.8 Å². The average Bonchev–Trinajstić information content (AvgIpc) is 3.46. The molecule has 2 amide bonds. The number of ether oxygens (including phenoxy) is 1. The number of amides is 2. The van der Waals surface area contributed by atoms with Gasteiger partial charge in [0.1, 0.15) is 29.0 Å². The number of rotatable bonds is 4. The zero-order valence-corrected chi connectivity index (χ0v) is 21.7. The Kier molecular flexibility index (Phi) is 6.93. The Hall–Kier alpha value is -3.76. The van der Waals surface area contributed by atoms with Crippen LogP contribution in [-0.4, -0.2) is 68.9 Å². The van der Waals surface area contributed by atoms with E-state index >= 15 is 0 Å². The monoisotopic (exact) mass is 526 g/mol. The molecule has 11 heteroatoms. The molecule has 9 nitrogen and oxygen atoms in total. The van der Waals surface area contributed by atoms with Gasteiger partial charge in [-0.3, -0.25) is 4.79 Å². The third kappa shape index (κ3) is 5.56. The number of nitrogens with one attached hydrogen (secondary N) is 1. The summed E-state index contributed by atoms with van der Waals surface area (Å²) in [6.45, 7) is 6.57. The molecule has 2 aliphatic heterocycles. The van der Waals surface area contributed by atoms with Crippen molar-refractivity contribution in [3.8, 4) is 0 Å². The van der Waals surface area contributed by atoms with Gasteiger partial charge < -0.3 is 19.9 Å². The lowest BCUT2D eigenvalue weighted by Crippen LogP contribution is -2.47. The molecule has 0 unspecified atom stereocenters. The van der Waals surface area contributed by atoms with Crippen LogP contribution in [0, 0.1) is 5.82 Å². The van der Waals surface area contributed by atoms with Crippen LogP contribution in [0.15, 0.2) is 42.7 Å². The number of benzene rings is 1. The average molecular weight is 527 g/mol. The Labute approximate surface area is 219 Å². The second-order valence-electron chi connectivity index (χ2n) is 10.9. The van der Waals surface area contributed by atoms with Crippen molar-refractivity contribution in [3.63, 3.8) is 0 Å². The number of fused-ring (bicyclic) bond motifs is 1. The summed E-state index contributed by atoms with van der Waals surface area (Å²) in [7, 11) is 0. The van der Waals surface area contributed by atoms with E-state index in [4.69, 9.17) is 4.74 Å². The molecule has 3 aromatic rings. The Bertz CT molecular complexity index is 1330. The van der Waals surface area contributed by atoms with E-state index in [9.17, 15) is 18.4 Å². The van der Waals surface area contributed by atoms with Crippen LogP contribution in [0.3, 0.4) is 0 Å². The number of piperidine rings is 1. The van der Waals surface area contributed by atoms with Crippen molar-refractivity contribution in [2.24, 2.45) is 0 Å².